The Hall–Kier alpha value is -2.77. The molecule has 2 rings (SSSR count). The molecule has 1 atom stereocenters. The number of amides is 1. The second kappa shape index (κ2) is 11.9. The van der Waals surface area contributed by atoms with Gasteiger partial charge in [0.2, 0.25) is 0 Å². The fourth-order valence-corrected chi connectivity index (χ4v) is 3.06. The smallest absolute Gasteiger partial charge is 0.328 e. The lowest BCUT2D eigenvalue weighted by atomic mass is 10.0. The lowest BCUT2D eigenvalue weighted by molar-refractivity contribution is -0.161. The zero-order valence-corrected chi connectivity index (χ0v) is 17.1. The van der Waals surface area contributed by atoms with Gasteiger partial charge in [0.1, 0.15) is 17.5 Å². The minimum Gasteiger partial charge on any atom is -0.494 e. The number of piperidine rings is 1. The Kier molecular flexibility index (Phi) is 9.27. The fourth-order valence-electron chi connectivity index (χ4n) is 3.06. The number of carbonyl (C=O) groups excluding carboxylic acids is 3. The van der Waals surface area contributed by atoms with Crippen molar-refractivity contribution in [2.45, 2.75) is 45.6 Å². The highest BCUT2D eigenvalue weighted by molar-refractivity contribution is 5.86. The first-order valence-electron chi connectivity index (χ1n) is 10.0. The predicted molar refractivity (Wildman–Crippen MR) is 105 cm³/mol. The monoisotopic (exact) mass is 407 g/mol. The third-order valence-corrected chi connectivity index (χ3v) is 4.45. The summed E-state index contributed by atoms with van der Waals surface area (Å²) in [5, 5.41) is 0. The molecular weight excluding hydrogens is 378 g/mol. The van der Waals surface area contributed by atoms with Crippen LogP contribution < -0.4 is 9.47 Å². The summed E-state index contributed by atoms with van der Waals surface area (Å²) >= 11 is 0. The lowest BCUT2D eigenvalue weighted by Crippen LogP contribution is -2.50. The molecule has 1 unspecified atom stereocenters. The van der Waals surface area contributed by atoms with Crippen molar-refractivity contribution in [1.82, 2.24) is 4.90 Å². The third-order valence-electron chi connectivity index (χ3n) is 4.45. The Bertz CT molecular complexity index is 674. The van der Waals surface area contributed by atoms with Crippen LogP contribution in [0.1, 0.15) is 39.5 Å². The molecule has 1 fully saturated rings. The van der Waals surface area contributed by atoms with E-state index in [1.807, 2.05) is 6.92 Å². The Morgan fingerprint density at radius 2 is 1.66 bits per heavy atom. The summed E-state index contributed by atoms with van der Waals surface area (Å²) in [4.78, 5) is 37.8. The summed E-state index contributed by atoms with van der Waals surface area (Å²) in [6, 6.07) is 6.48. The van der Waals surface area contributed by atoms with E-state index in [1.54, 1.807) is 31.2 Å². The summed E-state index contributed by atoms with van der Waals surface area (Å²) in [6.07, 6.45) is 2.25. The van der Waals surface area contributed by atoms with Crippen molar-refractivity contribution in [3.05, 3.63) is 24.3 Å². The van der Waals surface area contributed by atoms with Crippen molar-refractivity contribution in [1.29, 1.82) is 0 Å². The summed E-state index contributed by atoms with van der Waals surface area (Å²) in [5.41, 5.74) is 0. The van der Waals surface area contributed by atoms with E-state index < -0.39 is 24.6 Å². The molecule has 8 nitrogen and oxygen atoms in total. The Morgan fingerprint density at radius 1 is 0.966 bits per heavy atom. The van der Waals surface area contributed by atoms with E-state index in [0.29, 0.717) is 25.3 Å². The van der Waals surface area contributed by atoms with Crippen LogP contribution in [0.3, 0.4) is 0 Å². The van der Waals surface area contributed by atoms with Gasteiger partial charge in [-0.25, -0.2) is 4.79 Å². The van der Waals surface area contributed by atoms with Crippen LogP contribution in [0.4, 0.5) is 0 Å². The van der Waals surface area contributed by atoms with Gasteiger partial charge in [-0.2, -0.15) is 0 Å². The van der Waals surface area contributed by atoms with Gasteiger partial charge in [0.05, 0.1) is 26.2 Å². The number of ether oxygens (including phenoxy) is 4. The van der Waals surface area contributed by atoms with Crippen molar-refractivity contribution in [3.8, 4) is 11.5 Å². The zero-order chi connectivity index (χ0) is 21.1. The van der Waals surface area contributed by atoms with Crippen LogP contribution in [-0.2, 0) is 23.9 Å². The molecule has 8 heteroatoms. The predicted octanol–water partition coefficient (Wildman–Crippen LogP) is 2.34. The molecule has 0 radical (unpaired) electrons. The van der Waals surface area contributed by atoms with Crippen LogP contribution >= 0.6 is 0 Å². The summed E-state index contributed by atoms with van der Waals surface area (Å²) in [5.74, 6) is 0.0349. The second-order valence-electron chi connectivity index (χ2n) is 6.51. The quantitative estimate of drug-likeness (QED) is 0.550. The maximum absolute atomic E-state index is 12.4. The first kappa shape index (κ1) is 22.5. The SMILES string of the molecule is CCOC(=O)C1CCCCN1C(=O)COC(=O)CCOc1ccc(OCC)cc1. The van der Waals surface area contributed by atoms with Crippen LogP contribution in [0.25, 0.3) is 0 Å². The molecule has 0 N–H and O–H groups in total. The highest BCUT2D eigenvalue weighted by Gasteiger charge is 2.33. The first-order chi connectivity index (χ1) is 14.0. The normalized spacial score (nSPS) is 16.1. The molecule has 0 aliphatic carbocycles. The third kappa shape index (κ3) is 7.29. The standard InChI is InChI=1S/C21H29NO7/c1-3-26-16-8-10-17(11-9-16)28-14-12-20(24)29-15-19(23)22-13-6-5-7-18(22)21(25)27-4-2/h8-11,18H,3-7,12-15H2,1-2H3. The number of benzene rings is 1. The highest BCUT2D eigenvalue weighted by Crippen LogP contribution is 2.19. The van der Waals surface area contributed by atoms with Crippen LogP contribution in [0.2, 0.25) is 0 Å². The van der Waals surface area contributed by atoms with Crippen molar-refractivity contribution in [2.75, 3.05) is 33.0 Å². The summed E-state index contributed by atoms with van der Waals surface area (Å²) in [7, 11) is 0. The average molecular weight is 407 g/mol. The maximum atomic E-state index is 12.4. The fraction of sp³-hybridized carbons (Fsp3) is 0.571. The van der Waals surface area contributed by atoms with Crippen LogP contribution in [0.15, 0.2) is 24.3 Å². The van der Waals surface area contributed by atoms with E-state index in [9.17, 15) is 14.4 Å². The molecule has 1 aliphatic heterocycles. The summed E-state index contributed by atoms with van der Waals surface area (Å²) in [6.45, 7) is 4.69. The Labute approximate surface area is 171 Å². The van der Waals surface area contributed by atoms with Gasteiger partial charge in [-0.3, -0.25) is 9.59 Å². The molecule has 1 amide bonds. The van der Waals surface area contributed by atoms with Crippen LogP contribution in [-0.4, -0.2) is 61.8 Å². The summed E-state index contributed by atoms with van der Waals surface area (Å²) < 4.78 is 20.9. The first-order valence-corrected chi connectivity index (χ1v) is 10.0. The minimum atomic E-state index is -0.599. The molecule has 1 aromatic carbocycles. The molecule has 0 aromatic heterocycles. The Morgan fingerprint density at radius 3 is 2.31 bits per heavy atom. The number of hydrogen-bond donors (Lipinski definition) is 0. The van der Waals surface area contributed by atoms with E-state index in [2.05, 4.69) is 0 Å². The number of likely N-dealkylation sites (tertiary alicyclic amines) is 1. The molecule has 1 aromatic rings. The van der Waals surface area contributed by atoms with Gasteiger partial charge >= 0.3 is 11.9 Å². The van der Waals surface area contributed by atoms with Gasteiger partial charge in [0.25, 0.3) is 5.91 Å². The molecule has 160 valence electrons. The van der Waals surface area contributed by atoms with E-state index in [1.165, 1.54) is 4.90 Å². The van der Waals surface area contributed by atoms with Gasteiger partial charge in [-0.15, -0.1) is 0 Å². The molecule has 29 heavy (non-hydrogen) atoms. The number of hydrogen-bond acceptors (Lipinski definition) is 7. The lowest BCUT2D eigenvalue weighted by Gasteiger charge is -2.33. The van der Waals surface area contributed by atoms with Gasteiger partial charge in [0, 0.05) is 6.54 Å². The molecule has 0 spiro atoms. The molecule has 1 saturated heterocycles. The topological polar surface area (TPSA) is 91.4 Å². The van der Waals surface area contributed by atoms with Crippen LogP contribution in [0.5, 0.6) is 11.5 Å². The Balaban J connectivity index is 1.72. The van der Waals surface area contributed by atoms with Crippen molar-refractivity contribution < 1.29 is 33.3 Å². The van der Waals surface area contributed by atoms with Gasteiger partial charge in [0.15, 0.2) is 6.61 Å². The second-order valence-corrected chi connectivity index (χ2v) is 6.51. The zero-order valence-electron chi connectivity index (χ0n) is 17.1. The maximum Gasteiger partial charge on any atom is 0.328 e. The minimum absolute atomic E-state index is 0.0157. The molecule has 0 saturated carbocycles. The highest BCUT2D eigenvalue weighted by atomic mass is 16.5. The number of nitrogens with zero attached hydrogens (tertiary/aromatic N) is 1. The average Bonchev–Trinajstić information content (AvgIpc) is 2.73. The van der Waals surface area contributed by atoms with Gasteiger partial charge in [-0.05, 0) is 57.4 Å². The van der Waals surface area contributed by atoms with Crippen LogP contribution in [0, 0.1) is 0 Å². The number of esters is 2. The van der Waals surface area contributed by atoms with E-state index in [0.717, 1.165) is 18.6 Å². The number of carbonyl (C=O) groups is 3. The van der Waals surface area contributed by atoms with Gasteiger partial charge in [-0.1, -0.05) is 0 Å². The van der Waals surface area contributed by atoms with Gasteiger partial charge < -0.3 is 23.8 Å². The van der Waals surface area contributed by atoms with Crippen molar-refractivity contribution in [2.24, 2.45) is 0 Å². The van der Waals surface area contributed by atoms with E-state index >= 15 is 0 Å². The largest absolute Gasteiger partial charge is 0.494 e. The van der Waals surface area contributed by atoms with Crippen molar-refractivity contribution in [3.63, 3.8) is 0 Å². The molecule has 0 bridgehead atoms. The number of rotatable bonds is 10. The molecule has 1 heterocycles. The molecular formula is C21H29NO7. The molecule has 1 aliphatic rings. The van der Waals surface area contributed by atoms with E-state index in [-0.39, 0.29) is 25.5 Å². The van der Waals surface area contributed by atoms with Crippen molar-refractivity contribution >= 4 is 17.8 Å². The van der Waals surface area contributed by atoms with E-state index in [4.69, 9.17) is 18.9 Å².